The Kier molecular flexibility index (Phi) is 5.84. The predicted octanol–water partition coefficient (Wildman–Crippen LogP) is 1.37. The van der Waals surface area contributed by atoms with Crippen molar-refractivity contribution in [1.82, 2.24) is 14.8 Å². The number of carbonyl (C=O) groups is 1. The molecule has 0 spiro atoms. The first-order valence-corrected chi connectivity index (χ1v) is 8.76. The molecule has 3 heterocycles. The van der Waals surface area contributed by atoms with Gasteiger partial charge in [-0.15, -0.1) is 0 Å². The van der Waals surface area contributed by atoms with Crippen LogP contribution in [0.5, 0.6) is 0 Å². The molecule has 1 aromatic rings. The number of carbonyl (C=O) groups excluding carboxylic acids is 1. The molecule has 3 rings (SSSR count). The standard InChI is InChI=1S/C16H23N5O5/c1-2-5-18-6-8-19(9-7-18)11-14-12-20(16(22)26-14)17-10-13-3-4-15(25-13)21(23)24/h3-4,10,14H,2,5-9,11-12H2,1H3. The molecule has 2 saturated heterocycles. The number of hydrazone groups is 1. The second-order valence-corrected chi connectivity index (χ2v) is 6.41. The summed E-state index contributed by atoms with van der Waals surface area (Å²) < 4.78 is 10.3. The molecule has 0 radical (unpaired) electrons. The third-order valence-corrected chi connectivity index (χ3v) is 4.44. The highest BCUT2D eigenvalue weighted by Crippen LogP contribution is 2.16. The van der Waals surface area contributed by atoms with E-state index in [0.29, 0.717) is 13.1 Å². The average molecular weight is 365 g/mol. The van der Waals surface area contributed by atoms with Crippen LogP contribution in [-0.2, 0) is 4.74 Å². The van der Waals surface area contributed by atoms with Crippen molar-refractivity contribution in [3.8, 4) is 0 Å². The number of nitrogens with zero attached hydrogens (tertiary/aromatic N) is 5. The van der Waals surface area contributed by atoms with Gasteiger partial charge in [0.05, 0.1) is 18.8 Å². The van der Waals surface area contributed by atoms with E-state index in [1.807, 2.05) is 0 Å². The molecule has 0 N–H and O–H groups in total. The van der Waals surface area contributed by atoms with Crippen molar-refractivity contribution in [3.05, 3.63) is 28.0 Å². The van der Waals surface area contributed by atoms with Gasteiger partial charge in [0, 0.05) is 32.7 Å². The van der Waals surface area contributed by atoms with Crippen molar-refractivity contribution < 1.29 is 18.9 Å². The number of rotatable bonds is 7. The number of hydrogen-bond donors (Lipinski definition) is 0. The van der Waals surface area contributed by atoms with E-state index in [2.05, 4.69) is 21.8 Å². The molecule has 0 aliphatic carbocycles. The van der Waals surface area contributed by atoms with Gasteiger partial charge in [-0.25, -0.2) is 4.79 Å². The minimum Gasteiger partial charge on any atom is -0.441 e. The first-order valence-electron chi connectivity index (χ1n) is 8.76. The van der Waals surface area contributed by atoms with Crippen molar-refractivity contribution in [3.63, 3.8) is 0 Å². The van der Waals surface area contributed by atoms with Gasteiger partial charge in [-0.2, -0.15) is 10.1 Å². The van der Waals surface area contributed by atoms with Crippen molar-refractivity contribution in [1.29, 1.82) is 0 Å². The Balaban J connectivity index is 1.47. The zero-order chi connectivity index (χ0) is 18.5. The Labute approximate surface area is 151 Å². The quantitative estimate of drug-likeness (QED) is 0.408. The SMILES string of the molecule is CCCN1CCN(CC2CN(N=Cc3ccc([N+](=O)[O-])o3)C(=O)O2)CC1. The fourth-order valence-electron chi connectivity index (χ4n) is 3.13. The molecule has 2 aliphatic heterocycles. The summed E-state index contributed by atoms with van der Waals surface area (Å²) in [7, 11) is 0. The lowest BCUT2D eigenvalue weighted by Crippen LogP contribution is -2.49. The van der Waals surface area contributed by atoms with Crippen molar-refractivity contribution in [2.24, 2.45) is 5.10 Å². The number of amides is 1. The van der Waals surface area contributed by atoms with Gasteiger partial charge in [0.2, 0.25) is 0 Å². The fourth-order valence-corrected chi connectivity index (χ4v) is 3.13. The third kappa shape index (κ3) is 4.58. The summed E-state index contributed by atoms with van der Waals surface area (Å²) in [5, 5.41) is 15.8. The molecule has 10 heteroatoms. The van der Waals surface area contributed by atoms with Gasteiger partial charge in [0.25, 0.3) is 0 Å². The van der Waals surface area contributed by atoms with Crippen LogP contribution in [-0.4, -0.2) is 84.0 Å². The number of furan rings is 1. The monoisotopic (exact) mass is 365 g/mol. The van der Waals surface area contributed by atoms with Crippen LogP contribution in [0.25, 0.3) is 0 Å². The molecule has 0 saturated carbocycles. The largest absolute Gasteiger partial charge is 0.441 e. The van der Waals surface area contributed by atoms with E-state index < -0.39 is 11.0 Å². The van der Waals surface area contributed by atoms with Crippen LogP contribution >= 0.6 is 0 Å². The smallest absolute Gasteiger partial charge is 0.433 e. The first-order chi connectivity index (χ1) is 12.5. The van der Waals surface area contributed by atoms with E-state index >= 15 is 0 Å². The molecule has 10 nitrogen and oxygen atoms in total. The molecule has 1 atom stereocenters. The molecule has 0 bridgehead atoms. The van der Waals surface area contributed by atoms with E-state index in [9.17, 15) is 14.9 Å². The summed E-state index contributed by atoms with van der Waals surface area (Å²) in [4.78, 5) is 26.6. The molecular formula is C16H23N5O5. The van der Waals surface area contributed by atoms with E-state index in [1.165, 1.54) is 23.4 Å². The van der Waals surface area contributed by atoms with Crippen LogP contribution in [0.2, 0.25) is 0 Å². The van der Waals surface area contributed by atoms with Gasteiger partial charge < -0.3 is 14.1 Å². The molecule has 26 heavy (non-hydrogen) atoms. The Morgan fingerprint density at radius 1 is 1.31 bits per heavy atom. The summed E-state index contributed by atoms with van der Waals surface area (Å²) in [6.07, 6.45) is 1.69. The second kappa shape index (κ2) is 8.28. The lowest BCUT2D eigenvalue weighted by Gasteiger charge is -2.35. The summed E-state index contributed by atoms with van der Waals surface area (Å²) in [5.41, 5.74) is 0. The van der Waals surface area contributed by atoms with Gasteiger partial charge in [-0.05, 0) is 19.0 Å². The zero-order valence-electron chi connectivity index (χ0n) is 14.7. The van der Waals surface area contributed by atoms with Crippen LogP contribution in [0.15, 0.2) is 21.7 Å². The summed E-state index contributed by atoms with van der Waals surface area (Å²) in [5.74, 6) is -0.157. The van der Waals surface area contributed by atoms with Crippen LogP contribution in [0.4, 0.5) is 10.7 Å². The molecule has 0 aromatic carbocycles. The summed E-state index contributed by atoms with van der Waals surface area (Å²) in [6, 6.07) is 2.67. The van der Waals surface area contributed by atoms with Crippen molar-refractivity contribution >= 4 is 18.2 Å². The van der Waals surface area contributed by atoms with E-state index in [1.54, 1.807) is 0 Å². The van der Waals surface area contributed by atoms with Gasteiger partial charge in [0.15, 0.2) is 5.76 Å². The number of nitro groups is 1. The highest BCUT2D eigenvalue weighted by molar-refractivity contribution is 5.78. The minimum atomic E-state index is -0.627. The maximum atomic E-state index is 11.9. The highest BCUT2D eigenvalue weighted by Gasteiger charge is 2.33. The average Bonchev–Trinajstić information content (AvgIpc) is 3.22. The Morgan fingerprint density at radius 2 is 2.04 bits per heavy atom. The number of hydrogen-bond acceptors (Lipinski definition) is 8. The summed E-state index contributed by atoms with van der Waals surface area (Å²) >= 11 is 0. The topological polar surface area (TPSA) is 105 Å². The second-order valence-electron chi connectivity index (χ2n) is 6.41. The molecule has 2 fully saturated rings. The molecule has 142 valence electrons. The lowest BCUT2D eigenvalue weighted by atomic mass is 10.2. The third-order valence-electron chi connectivity index (χ3n) is 4.44. The normalized spacial score (nSPS) is 22.3. The van der Waals surface area contributed by atoms with Gasteiger partial charge in [-0.1, -0.05) is 6.92 Å². The highest BCUT2D eigenvalue weighted by atomic mass is 16.6. The number of cyclic esters (lactones) is 1. The fraction of sp³-hybridized carbons (Fsp3) is 0.625. The van der Waals surface area contributed by atoms with Gasteiger partial charge in [-0.3, -0.25) is 15.0 Å². The Bertz CT molecular complexity index is 668. The van der Waals surface area contributed by atoms with E-state index in [0.717, 1.165) is 39.1 Å². The molecule has 1 unspecified atom stereocenters. The maximum Gasteiger partial charge on any atom is 0.433 e. The van der Waals surface area contributed by atoms with E-state index in [4.69, 9.17) is 9.15 Å². The van der Waals surface area contributed by atoms with Crippen LogP contribution < -0.4 is 0 Å². The molecule has 2 aliphatic rings. The van der Waals surface area contributed by atoms with Crippen molar-refractivity contribution in [2.75, 3.05) is 45.8 Å². The number of piperazine rings is 1. The van der Waals surface area contributed by atoms with E-state index in [-0.39, 0.29) is 17.7 Å². The van der Waals surface area contributed by atoms with Crippen molar-refractivity contribution in [2.45, 2.75) is 19.4 Å². The predicted molar refractivity (Wildman–Crippen MR) is 93.1 cm³/mol. The first kappa shape index (κ1) is 18.3. The Hall–Kier alpha value is -2.46. The zero-order valence-corrected chi connectivity index (χ0v) is 14.7. The van der Waals surface area contributed by atoms with Crippen LogP contribution in [0.3, 0.4) is 0 Å². The maximum absolute atomic E-state index is 11.9. The molecular weight excluding hydrogens is 342 g/mol. The van der Waals surface area contributed by atoms with Crippen LogP contribution in [0, 0.1) is 10.1 Å². The minimum absolute atomic E-state index is 0.208. The van der Waals surface area contributed by atoms with Crippen LogP contribution in [0.1, 0.15) is 19.1 Å². The summed E-state index contributed by atoms with van der Waals surface area (Å²) in [6.45, 7) is 8.35. The van der Waals surface area contributed by atoms with Gasteiger partial charge in [0.1, 0.15) is 11.0 Å². The molecule has 1 aromatic heterocycles. The Morgan fingerprint density at radius 3 is 2.69 bits per heavy atom. The lowest BCUT2D eigenvalue weighted by molar-refractivity contribution is -0.402. The number of ether oxygens (including phenoxy) is 1. The van der Waals surface area contributed by atoms with Gasteiger partial charge >= 0.3 is 12.0 Å². The molecule has 1 amide bonds.